The van der Waals surface area contributed by atoms with E-state index in [0.29, 0.717) is 12.1 Å². The van der Waals surface area contributed by atoms with E-state index in [0.717, 1.165) is 6.42 Å². The molecule has 1 aliphatic carbocycles. The van der Waals surface area contributed by atoms with Gasteiger partial charge in [0.2, 0.25) is 0 Å². The molecule has 2 aliphatic rings. The Hall–Kier alpha value is -2.09. The molecule has 1 heterocycles. The minimum absolute atomic E-state index is 0.322. The van der Waals surface area contributed by atoms with Crippen molar-refractivity contribution >= 4 is 11.4 Å². The van der Waals surface area contributed by atoms with Crippen molar-refractivity contribution < 1.29 is 0 Å². The van der Waals surface area contributed by atoms with Crippen LogP contribution in [0.15, 0.2) is 53.5 Å². The third-order valence-electron chi connectivity index (χ3n) is 5.36. The molecule has 1 fully saturated rings. The molecular weight excluding hydrogens is 292 g/mol. The fourth-order valence-corrected chi connectivity index (χ4v) is 3.96. The quantitative estimate of drug-likeness (QED) is 0.757. The summed E-state index contributed by atoms with van der Waals surface area (Å²) in [6.07, 6.45) is 7.55. The van der Waals surface area contributed by atoms with E-state index >= 15 is 0 Å². The number of aryl methyl sites for hydroxylation is 1. The number of hydrogen-bond donors (Lipinski definition) is 1. The van der Waals surface area contributed by atoms with Gasteiger partial charge < -0.3 is 5.32 Å². The fourth-order valence-electron chi connectivity index (χ4n) is 3.96. The molecule has 0 amide bonds. The number of hydrogen-bond acceptors (Lipinski definition) is 2. The van der Waals surface area contributed by atoms with E-state index in [2.05, 4.69) is 60.8 Å². The molecule has 1 aliphatic heterocycles. The average molecular weight is 318 g/mol. The first-order valence-electron chi connectivity index (χ1n) is 9.29. The van der Waals surface area contributed by atoms with Gasteiger partial charge in [0.15, 0.2) is 0 Å². The highest BCUT2D eigenvalue weighted by Gasteiger charge is 2.25. The Morgan fingerprint density at radius 1 is 0.917 bits per heavy atom. The van der Waals surface area contributed by atoms with Gasteiger partial charge in [0, 0.05) is 23.4 Å². The summed E-state index contributed by atoms with van der Waals surface area (Å²) in [5.74, 6) is 0. The minimum Gasteiger partial charge on any atom is -0.377 e. The standard InChI is InChI=1S/C22H26N2/c1-16-11-13-17(14-12-16)21-15-22(23-18-7-3-2-4-8-18)19-9-5-6-10-20(19)24-21/h5-6,9-14,18,21,24H,2-4,7-8,15H2,1H3/t21-/m0/s1. The SMILES string of the molecule is Cc1ccc([C@@H]2CC(=NC3CCCCC3)c3ccccc3N2)cc1. The first-order chi connectivity index (χ1) is 11.8. The molecule has 0 spiro atoms. The topological polar surface area (TPSA) is 24.4 Å². The maximum Gasteiger partial charge on any atom is 0.0569 e. The number of anilines is 1. The van der Waals surface area contributed by atoms with Crippen molar-refractivity contribution in [2.75, 3.05) is 5.32 Å². The van der Waals surface area contributed by atoms with Crippen LogP contribution in [0.1, 0.15) is 61.3 Å². The van der Waals surface area contributed by atoms with Crippen LogP contribution in [-0.2, 0) is 0 Å². The number of aliphatic imine (C=N–C) groups is 1. The van der Waals surface area contributed by atoms with Gasteiger partial charge in [0.1, 0.15) is 0 Å². The Bertz CT molecular complexity index is 724. The average Bonchev–Trinajstić information content (AvgIpc) is 2.63. The number of benzene rings is 2. The number of fused-ring (bicyclic) bond motifs is 1. The minimum atomic E-state index is 0.322. The molecule has 0 unspecified atom stereocenters. The second kappa shape index (κ2) is 6.80. The molecule has 1 N–H and O–H groups in total. The zero-order valence-corrected chi connectivity index (χ0v) is 14.5. The van der Waals surface area contributed by atoms with Crippen molar-refractivity contribution in [1.29, 1.82) is 0 Å². The second-order valence-electron chi connectivity index (χ2n) is 7.22. The predicted molar refractivity (Wildman–Crippen MR) is 102 cm³/mol. The summed E-state index contributed by atoms with van der Waals surface area (Å²) >= 11 is 0. The molecule has 0 bridgehead atoms. The van der Waals surface area contributed by atoms with E-state index in [1.54, 1.807) is 0 Å². The monoisotopic (exact) mass is 318 g/mol. The molecule has 2 aromatic rings. The van der Waals surface area contributed by atoms with Crippen LogP contribution in [0.4, 0.5) is 5.69 Å². The van der Waals surface area contributed by atoms with Crippen LogP contribution in [0.2, 0.25) is 0 Å². The van der Waals surface area contributed by atoms with Crippen LogP contribution < -0.4 is 5.32 Å². The van der Waals surface area contributed by atoms with Crippen LogP contribution in [0.3, 0.4) is 0 Å². The van der Waals surface area contributed by atoms with Gasteiger partial charge in [-0.05, 0) is 31.4 Å². The summed E-state index contributed by atoms with van der Waals surface area (Å²) in [4.78, 5) is 5.21. The van der Waals surface area contributed by atoms with Crippen molar-refractivity contribution in [3.8, 4) is 0 Å². The maximum atomic E-state index is 5.21. The van der Waals surface area contributed by atoms with Crippen molar-refractivity contribution in [2.45, 2.75) is 57.5 Å². The van der Waals surface area contributed by atoms with E-state index in [4.69, 9.17) is 4.99 Å². The van der Waals surface area contributed by atoms with Gasteiger partial charge in [-0.15, -0.1) is 0 Å². The Balaban J connectivity index is 1.66. The Morgan fingerprint density at radius 2 is 1.67 bits per heavy atom. The van der Waals surface area contributed by atoms with Crippen LogP contribution in [0.5, 0.6) is 0 Å². The van der Waals surface area contributed by atoms with Crippen molar-refractivity contribution in [3.63, 3.8) is 0 Å². The largest absolute Gasteiger partial charge is 0.377 e. The van der Waals surface area contributed by atoms with Crippen LogP contribution in [-0.4, -0.2) is 11.8 Å². The van der Waals surface area contributed by atoms with E-state index in [1.165, 1.54) is 60.2 Å². The number of nitrogens with zero attached hydrogens (tertiary/aromatic N) is 1. The molecule has 0 radical (unpaired) electrons. The zero-order chi connectivity index (χ0) is 16.4. The molecule has 4 rings (SSSR count). The molecule has 24 heavy (non-hydrogen) atoms. The lowest BCUT2D eigenvalue weighted by molar-refractivity contribution is 0.442. The first-order valence-corrected chi connectivity index (χ1v) is 9.29. The van der Waals surface area contributed by atoms with E-state index in [9.17, 15) is 0 Å². The summed E-state index contributed by atoms with van der Waals surface area (Å²) in [6.45, 7) is 2.14. The Morgan fingerprint density at radius 3 is 2.46 bits per heavy atom. The van der Waals surface area contributed by atoms with Crippen molar-refractivity contribution in [1.82, 2.24) is 0 Å². The molecule has 0 aromatic heterocycles. The van der Waals surface area contributed by atoms with Crippen molar-refractivity contribution in [3.05, 3.63) is 65.2 Å². The predicted octanol–water partition coefficient (Wildman–Crippen LogP) is 5.67. The number of rotatable bonds is 2. The lowest BCUT2D eigenvalue weighted by Gasteiger charge is -2.30. The summed E-state index contributed by atoms with van der Waals surface area (Å²) < 4.78 is 0. The fraction of sp³-hybridized carbons (Fsp3) is 0.409. The van der Waals surface area contributed by atoms with Crippen LogP contribution in [0, 0.1) is 6.92 Å². The molecule has 2 heteroatoms. The summed E-state index contributed by atoms with van der Waals surface area (Å²) in [5.41, 5.74) is 6.48. The third kappa shape index (κ3) is 3.24. The molecule has 124 valence electrons. The zero-order valence-electron chi connectivity index (χ0n) is 14.5. The molecule has 1 atom stereocenters. The highest BCUT2D eigenvalue weighted by molar-refractivity contribution is 6.07. The molecule has 0 saturated heterocycles. The van der Waals surface area contributed by atoms with Crippen LogP contribution >= 0.6 is 0 Å². The summed E-state index contributed by atoms with van der Waals surface area (Å²) in [7, 11) is 0. The van der Waals surface area contributed by atoms with Gasteiger partial charge in [-0.1, -0.05) is 67.3 Å². The number of para-hydroxylation sites is 1. The van der Waals surface area contributed by atoms with Gasteiger partial charge in [-0.3, -0.25) is 4.99 Å². The highest BCUT2D eigenvalue weighted by atomic mass is 15.0. The smallest absolute Gasteiger partial charge is 0.0569 e. The summed E-state index contributed by atoms with van der Waals surface area (Å²) in [6, 6.07) is 18.4. The maximum absolute atomic E-state index is 5.21. The Kier molecular flexibility index (Phi) is 4.38. The van der Waals surface area contributed by atoms with Gasteiger partial charge in [-0.25, -0.2) is 0 Å². The lowest BCUT2D eigenvalue weighted by atomic mass is 9.90. The Labute approximate surface area is 145 Å². The van der Waals surface area contributed by atoms with Gasteiger partial charge >= 0.3 is 0 Å². The van der Waals surface area contributed by atoms with Crippen LogP contribution in [0.25, 0.3) is 0 Å². The lowest BCUT2D eigenvalue weighted by Crippen LogP contribution is -2.25. The summed E-state index contributed by atoms with van der Waals surface area (Å²) in [5, 5.41) is 3.72. The number of nitrogens with one attached hydrogen (secondary N) is 1. The normalized spacial score (nSPS) is 22.9. The molecule has 2 aromatic carbocycles. The van der Waals surface area contributed by atoms with E-state index in [1.807, 2.05) is 0 Å². The highest BCUT2D eigenvalue weighted by Crippen LogP contribution is 2.34. The molecule has 1 saturated carbocycles. The van der Waals surface area contributed by atoms with Gasteiger partial charge in [0.25, 0.3) is 0 Å². The third-order valence-corrected chi connectivity index (χ3v) is 5.36. The van der Waals surface area contributed by atoms with Crippen molar-refractivity contribution in [2.24, 2.45) is 4.99 Å². The van der Waals surface area contributed by atoms with E-state index < -0.39 is 0 Å². The van der Waals surface area contributed by atoms with Gasteiger partial charge in [-0.2, -0.15) is 0 Å². The molecule has 2 nitrogen and oxygen atoms in total. The molecular formula is C22H26N2. The van der Waals surface area contributed by atoms with Gasteiger partial charge in [0.05, 0.1) is 12.1 Å². The van der Waals surface area contributed by atoms with E-state index in [-0.39, 0.29) is 0 Å². The first kappa shape index (κ1) is 15.4. The second-order valence-corrected chi connectivity index (χ2v) is 7.22.